The van der Waals surface area contributed by atoms with Gasteiger partial charge in [0.15, 0.2) is 14.6 Å². The summed E-state index contributed by atoms with van der Waals surface area (Å²) in [5.74, 6) is -0.544. The van der Waals surface area contributed by atoms with Crippen molar-refractivity contribution in [2.75, 3.05) is 5.32 Å². The number of anilines is 1. The van der Waals surface area contributed by atoms with Crippen molar-refractivity contribution in [2.45, 2.75) is 48.7 Å². The maximum atomic E-state index is 13.4. The first-order chi connectivity index (χ1) is 14.8. The van der Waals surface area contributed by atoms with Crippen LogP contribution in [0.3, 0.4) is 0 Å². The number of hydrogen-bond acceptors (Lipinski definition) is 6. The fourth-order valence-electron chi connectivity index (χ4n) is 3.87. The third kappa shape index (κ3) is 4.37. The fourth-order valence-corrected chi connectivity index (χ4v) is 6.83. The lowest BCUT2D eigenvalue weighted by atomic mass is 10.1. The summed E-state index contributed by atoms with van der Waals surface area (Å²) in [5, 5.41) is 12.5. The Morgan fingerprint density at radius 3 is 2.35 bits per heavy atom. The molecule has 4 rings (SSSR count). The molecular weight excluding hydrogens is 454 g/mol. The largest absolute Gasteiger partial charge is 0.299 e. The first-order valence-corrected chi connectivity index (χ1v) is 12.7. The van der Waals surface area contributed by atoms with Gasteiger partial charge in [0.05, 0.1) is 4.90 Å². The molecule has 1 aromatic heterocycles. The molecule has 0 spiro atoms. The summed E-state index contributed by atoms with van der Waals surface area (Å²) in [4.78, 5) is 13.4. The molecule has 0 atom stereocenters. The lowest BCUT2D eigenvalue weighted by Crippen LogP contribution is -2.47. The van der Waals surface area contributed by atoms with Gasteiger partial charge >= 0.3 is 0 Å². The molecular formula is C22H22ClN3O3S2. The fraction of sp³-hybridized carbons (Fsp3) is 0.318. The van der Waals surface area contributed by atoms with E-state index in [1.54, 1.807) is 0 Å². The molecule has 1 heterocycles. The number of hydrogen-bond donors (Lipinski definition) is 1. The third-order valence-electron chi connectivity index (χ3n) is 5.63. The van der Waals surface area contributed by atoms with Gasteiger partial charge in [-0.15, -0.1) is 10.2 Å². The van der Waals surface area contributed by atoms with Crippen molar-refractivity contribution < 1.29 is 13.2 Å². The number of halogens is 1. The first kappa shape index (κ1) is 21.9. The molecule has 1 saturated carbocycles. The minimum atomic E-state index is -3.90. The molecule has 0 aliphatic heterocycles. The lowest BCUT2D eigenvalue weighted by molar-refractivity contribution is -0.118. The van der Waals surface area contributed by atoms with Crippen molar-refractivity contribution in [3.8, 4) is 0 Å². The molecule has 0 unspecified atom stereocenters. The van der Waals surface area contributed by atoms with E-state index in [-0.39, 0.29) is 17.7 Å². The van der Waals surface area contributed by atoms with Crippen LogP contribution >= 0.6 is 22.9 Å². The van der Waals surface area contributed by atoms with Gasteiger partial charge in [0, 0.05) is 11.4 Å². The quantitative estimate of drug-likeness (QED) is 0.552. The Hall–Kier alpha value is -2.29. The zero-order valence-corrected chi connectivity index (χ0v) is 19.4. The molecule has 9 heteroatoms. The van der Waals surface area contributed by atoms with Crippen LogP contribution in [0.2, 0.25) is 5.02 Å². The zero-order chi connectivity index (χ0) is 22.1. The molecule has 1 amide bonds. The second-order valence-corrected chi connectivity index (χ2v) is 11.5. The maximum absolute atomic E-state index is 13.4. The van der Waals surface area contributed by atoms with Gasteiger partial charge in [0.2, 0.25) is 11.0 Å². The Morgan fingerprint density at radius 2 is 1.71 bits per heavy atom. The second kappa shape index (κ2) is 8.68. The number of rotatable bonds is 6. The van der Waals surface area contributed by atoms with Crippen LogP contribution in [-0.4, -0.2) is 29.3 Å². The van der Waals surface area contributed by atoms with Crippen LogP contribution in [0.15, 0.2) is 53.4 Å². The molecule has 1 aliphatic carbocycles. The van der Waals surface area contributed by atoms with Crippen molar-refractivity contribution in [1.82, 2.24) is 10.2 Å². The third-order valence-corrected chi connectivity index (χ3v) is 9.23. The molecule has 3 aromatic rings. The van der Waals surface area contributed by atoms with E-state index in [1.807, 2.05) is 31.2 Å². The lowest BCUT2D eigenvalue weighted by Gasteiger charge is -2.27. The van der Waals surface area contributed by atoms with E-state index < -0.39 is 20.5 Å². The second-order valence-electron chi connectivity index (χ2n) is 7.78. The molecule has 0 saturated heterocycles. The number of aryl methyl sites for hydroxylation is 1. The number of benzene rings is 2. The van der Waals surface area contributed by atoms with Crippen molar-refractivity contribution in [3.05, 3.63) is 69.7 Å². The van der Waals surface area contributed by atoms with Crippen LogP contribution in [0.5, 0.6) is 0 Å². The predicted octanol–water partition coefficient (Wildman–Crippen LogP) is 4.82. The van der Waals surface area contributed by atoms with E-state index in [0.717, 1.165) is 10.6 Å². The molecule has 0 radical (unpaired) electrons. The van der Waals surface area contributed by atoms with E-state index in [1.165, 1.54) is 41.2 Å². The van der Waals surface area contributed by atoms with Gasteiger partial charge in [-0.2, -0.15) is 0 Å². The normalized spacial score (nSPS) is 15.7. The number of amides is 1. The molecule has 1 N–H and O–H groups in total. The van der Waals surface area contributed by atoms with Gasteiger partial charge in [0.1, 0.15) is 5.01 Å². The van der Waals surface area contributed by atoms with Crippen LogP contribution in [0.1, 0.15) is 41.8 Å². The van der Waals surface area contributed by atoms with Gasteiger partial charge in [-0.05, 0) is 49.6 Å². The van der Waals surface area contributed by atoms with Gasteiger partial charge < -0.3 is 0 Å². The summed E-state index contributed by atoms with van der Waals surface area (Å²) in [6.45, 7) is 2.03. The SMILES string of the molecule is Cc1ccc(Cc2nnc(NC(=O)C3(S(=O)(=O)c4ccc(Cl)cc4)CCCC3)s2)cc1. The van der Waals surface area contributed by atoms with E-state index in [9.17, 15) is 13.2 Å². The highest BCUT2D eigenvalue weighted by Gasteiger charge is 2.53. The number of carbonyl (C=O) groups excluding carboxylic acids is 1. The highest BCUT2D eigenvalue weighted by molar-refractivity contribution is 7.93. The Labute approximate surface area is 190 Å². The van der Waals surface area contributed by atoms with Crippen LogP contribution in [0, 0.1) is 6.92 Å². The van der Waals surface area contributed by atoms with Gasteiger partial charge in [-0.1, -0.05) is 65.6 Å². The molecule has 162 valence electrons. The summed E-state index contributed by atoms with van der Waals surface area (Å²) < 4.78 is 25.4. The van der Waals surface area contributed by atoms with E-state index in [0.29, 0.717) is 29.4 Å². The zero-order valence-electron chi connectivity index (χ0n) is 17.0. The molecule has 0 bridgehead atoms. The first-order valence-electron chi connectivity index (χ1n) is 10.00. The van der Waals surface area contributed by atoms with Gasteiger partial charge in [-0.3, -0.25) is 10.1 Å². The molecule has 31 heavy (non-hydrogen) atoms. The highest BCUT2D eigenvalue weighted by atomic mass is 35.5. The van der Waals surface area contributed by atoms with E-state index in [2.05, 4.69) is 15.5 Å². The highest BCUT2D eigenvalue weighted by Crippen LogP contribution is 2.41. The van der Waals surface area contributed by atoms with Crippen LogP contribution in [0.25, 0.3) is 0 Å². The van der Waals surface area contributed by atoms with Crippen LogP contribution in [-0.2, 0) is 21.1 Å². The van der Waals surface area contributed by atoms with Crippen molar-refractivity contribution in [2.24, 2.45) is 0 Å². The molecule has 6 nitrogen and oxygen atoms in total. The predicted molar refractivity (Wildman–Crippen MR) is 122 cm³/mol. The summed E-state index contributed by atoms with van der Waals surface area (Å²) in [7, 11) is -3.90. The number of nitrogens with one attached hydrogen (secondary N) is 1. The summed E-state index contributed by atoms with van der Waals surface area (Å²) >= 11 is 7.17. The molecule has 1 aliphatic rings. The average molecular weight is 476 g/mol. The molecule has 2 aromatic carbocycles. The Balaban J connectivity index is 1.55. The smallest absolute Gasteiger partial charge is 0.248 e. The number of sulfone groups is 1. The monoisotopic (exact) mass is 475 g/mol. The van der Waals surface area contributed by atoms with Crippen molar-refractivity contribution >= 4 is 43.8 Å². The van der Waals surface area contributed by atoms with Crippen LogP contribution in [0.4, 0.5) is 5.13 Å². The van der Waals surface area contributed by atoms with Crippen molar-refractivity contribution in [3.63, 3.8) is 0 Å². The minimum absolute atomic E-state index is 0.103. The van der Waals surface area contributed by atoms with E-state index >= 15 is 0 Å². The summed E-state index contributed by atoms with van der Waals surface area (Å²) in [5.41, 5.74) is 2.27. The minimum Gasteiger partial charge on any atom is -0.299 e. The average Bonchev–Trinajstić information content (AvgIpc) is 3.41. The molecule has 1 fully saturated rings. The maximum Gasteiger partial charge on any atom is 0.248 e. The Kier molecular flexibility index (Phi) is 6.14. The van der Waals surface area contributed by atoms with E-state index in [4.69, 9.17) is 11.6 Å². The van der Waals surface area contributed by atoms with Gasteiger partial charge in [-0.25, -0.2) is 8.42 Å². The Morgan fingerprint density at radius 1 is 1.06 bits per heavy atom. The van der Waals surface area contributed by atoms with Crippen molar-refractivity contribution in [1.29, 1.82) is 0 Å². The van der Waals surface area contributed by atoms with Gasteiger partial charge in [0.25, 0.3) is 0 Å². The topological polar surface area (TPSA) is 89.0 Å². The summed E-state index contributed by atoms with van der Waals surface area (Å²) in [6.07, 6.45) is 2.50. The Bertz CT molecular complexity index is 1180. The van der Waals surface area contributed by atoms with Crippen LogP contribution < -0.4 is 5.32 Å². The number of nitrogens with zero attached hydrogens (tertiary/aromatic N) is 2. The number of carbonyl (C=O) groups is 1. The summed E-state index contributed by atoms with van der Waals surface area (Å²) in [6, 6.07) is 14.1. The standard InChI is InChI=1S/C22H22ClN3O3S2/c1-15-4-6-16(7-5-15)14-19-25-26-21(30-19)24-20(27)22(12-2-3-13-22)31(28,29)18-10-8-17(23)9-11-18/h4-11H,2-3,12-14H2,1H3,(H,24,26,27). The number of aromatic nitrogens is 2.